The number of aromatic nitrogens is 2. The van der Waals surface area contributed by atoms with E-state index in [0.29, 0.717) is 31.9 Å². The normalized spacial score (nSPS) is 18.7. The maximum absolute atomic E-state index is 13.8. The Morgan fingerprint density at radius 2 is 2.42 bits per heavy atom. The number of ether oxygens (including phenoxy) is 2. The van der Waals surface area contributed by atoms with Gasteiger partial charge in [-0.1, -0.05) is 6.92 Å². The van der Waals surface area contributed by atoms with Crippen LogP contribution in [0.4, 0.5) is 10.2 Å². The van der Waals surface area contributed by atoms with E-state index in [1.807, 2.05) is 6.92 Å². The maximum Gasteiger partial charge on any atom is 0.186 e. The molecular weight excluding hydrogens is 249 g/mol. The highest BCUT2D eigenvalue weighted by molar-refractivity contribution is 5.37. The molecule has 2 rings (SSSR count). The molecule has 2 heterocycles. The minimum Gasteiger partial charge on any atom is -0.379 e. The third kappa shape index (κ3) is 4.11. The lowest BCUT2D eigenvalue weighted by atomic mass is 10.3. The number of hydrogen-bond donors (Lipinski definition) is 1. The van der Waals surface area contributed by atoms with Crippen LogP contribution in [0.2, 0.25) is 0 Å². The Kier molecular flexibility index (Phi) is 5.47. The van der Waals surface area contributed by atoms with Gasteiger partial charge in [0.25, 0.3) is 0 Å². The van der Waals surface area contributed by atoms with Crippen molar-refractivity contribution in [3.63, 3.8) is 0 Å². The molecule has 0 spiro atoms. The summed E-state index contributed by atoms with van der Waals surface area (Å²) < 4.78 is 24.6. The molecule has 0 saturated carbocycles. The summed E-state index contributed by atoms with van der Waals surface area (Å²) in [4.78, 5) is 7.79. The van der Waals surface area contributed by atoms with Crippen LogP contribution in [0.1, 0.15) is 25.5 Å². The first-order valence-electron chi connectivity index (χ1n) is 6.74. The molecule has 19 heavy (non-hydrogen) atoms. The van der Waals surface area contributed by atoms with Crippen LogP contribution in [0.25, 0.3) is 0 Å². The molecule has 1 aromatic rings. The predicted molar refractivity (Wildman–Crippen MR) is 69.7 cm³/mol. The highest BCUT2D eigenvalue weighted by Gasteiger charge is 2.15. The Hall–Kier alpha value is -1.27. The second-order valence-corrected chi connectivity index (χ2v) is 4.47. The molecule has 1 unspecified atom stereocenters. The summed E-state index contributed by atoms with van der Waals surface area (Å²) in [5.74, 6) is -0.0776. The van der Waals surface area contributed by atoms with Gasteiger partial charge in [-0.25, -0.2) is 14.4 Å². The first kappa shape index (κ1) is 14.1. The van der Waals surface area contributed by atoms with Gasteiger partial charge in [-0.2, -0.15) is 0 Å². The highest BCUT2D eigenvalue weighted by atomic mass is 19.1. The predicted octanol–water partition coefficient (Wildman–Crippen LogP) is 1.79. The van der Waals surface area contributed by atoms with E-state index in [0.717, 1.165) is 19.4 Å². The Bertz CT molecular complexity index is 397. The SMILES string of the molecule is CCc1ncnc(NCCCOC2CCOC2)c1F. The first-order chi connectivity index (χ1) is 9.31. The highest BCUT2D eigenvalue weighted by Crippen LogP contribution is 2.13. The fourth-order valence-corrected chi connectivity index (χ4v) is 1.95. The molecule has 6 heteroatoms. The van der Waals surface area contributed by atoms with Gasteiger partial charge in [0, 0.05) is 19.8 Å². The monoisotopic (exact) mass is 269 g/mol. The minimum absolute atomic E-state index is 0.225. The van der Waals surface area contributed by atoms with E-state index in [2.05, 4.69) is 15.3 Å². The van der Waals surface area contributed by atoms with Crippen molar-refractivity contribution in [2.75, 3.05) is 31.7 Å². The fourth-order valence-electron chi connectivity index (χ4n) is 1.95. The van der Waals surface area contributed by atoms with Crippen LogP contribution in [0.15, 0.2) is 6.33 Å². The van der Waals surface area contributed by atoms with Gasteiger partial charge in [0.2, 0.25) is 0 Å². The van der Waals surface area contributed by atoms with Crippen molar-refractivity contribution < 1.29 is 13.9 Å². The quantitative estimate of drug-likeness (QED) is 0.765. The van der Waals surface area contributed by atoms with Crippen molar-refractivity contribution in [2.24, 2.45) is 0 Å². The van der Waals surface area contributed by atoms with Gasteiger partial charge in [0.15, 0.2) is 11.6 Å². The molecule has 1 saturated heterocycles. The van der Waals surface area contributed by atoms with Crippen molar-refractivity contribution in [1.29, 1.82) is 0 Å². The van der Waals surface area contributed by atoms with E-state index in [4.69, 9.17) is 9.47 Å². The zero-order chi connectivity index (χ0) is 13.5. The van der Waals surface area contributed by atoms with Crippen LogP contribution in [-0.4, -0.2) is 42.4 Å². The molecule has 0 amide bonds. The van der Waals surface area contributed by atoms with Crippen molar-refractivity contribution in [3.05, 3.63) is 17.8 Å². The van der Waals surface area contributed by atoms with E-state index in [9.17, 15) is 4.39 Å². The van der Waals surface area contributed by atoms with Crippen LogP contribution in [0.5, 0.6) is 0 Å². The molecule has 1 atom stereocenters. The Morgan fingerprint density at radius 3 is 3.16 bits per heavy atom. The number of rotatable bonds is 7. The zero-order valence-corrected chi connectivity index (χ0v) is 11.2. The average molecular weight is 269 g/mol. The number of anilines is 1. The van der Waals surface area contributed by atoms with Crippen LogP contribution in [0, 0.1) is 5.82 Å². The molecule has 0 bridgehead atoms. The van der Waals surface area contributed by atoms with Crippen molar-refractivity contribution in [3.8, 4) is 0 Å². The van der Waals surface area contributed by atoms with E-state index >= 15 is 0 Å². The molecular formula is C13H20FN3O2. The lowest BCUT2D eigenvalue weighted by Gasteiger charge is -2.11. The standard InChI is InChI=1S/C13H20FN3O2/c1-2-11-12(14)13(17-9-16-11)15-5-3-6-19-10-4-7-18-8-10/h9-10H,2-8H2,1H3,(H,15,16,17). The van der Waals surface area contributed by atoms with E-state index in [-0.39, 0.29) is 17.7 Å². The lowest BCUT2D eigenvalue weighted by Crippen LogP contribution is -2.15. The molecule has 1 aromatic heterocycles. The van der Waals surface area contributed by atoms with Crippen molar-refractivity contribution >= 4 is 5.82 Å². The molecule has 1 aliphatic rings. The summed E-state index contributed by atoms with van der Waals surface area (Å²) >= 11 is 0. The number of halogens is 1. The number of aryl methyl sites for hydroxylation is 1. The second-order valence-electron chi connectivity index (χ2n) is 4.47. The largest absolute Gasteiger partial charge is 0.379 e. The van der Waals surface area contributed by atoms with Gasteiger partial charge in [0.1, 0.15) is 6.33 Å². The first-order valence-corrected chi connectivity index (χ1v) is 6.74. The van der Waals surface area contributed by atoms with Gasteiger partial charge in [-0.05, 0) is 19.3 Å². The summed E-state index contributed by atoms with van der Waals surface area (Å²) in [7, 11) is 0. The molecule has 1 N–H and O–H groups in total. The van der Waals surface area contributed by atoms with Crippen LogP contribution < -0.4 is 5.32 Å². The van der Waals surface area contributed by atoms with E-state index < -0.39 is 0 Å². The van der Waals surface area contributed by atoms with Crippen LogP contribution in [0.3, 0.4) is 0 Å². The van der Waals surface area contributed by atoms with Gasteiger partial charge in [0.05, 0.1) is 18.4 Å². The molecule has 1 aliphatic heterocycles. The van der Waals surface area contributed by atoms with Crippen LogP contribution in [-0.2, 0) is 15.9 Å². The smallest absolute Gasteiger partial charge is 0.186 e. The van der Waals surface area contributed by atoms with Crippen LogP contribution >= 0.6 is 0 Å². The van der Waals surface area contributed by atoms with Gasteiger partial charge in [-0.3, -0.25) is 0 Å². The maximum atomic E-state index is 13.8. The molecule has 106 valence electrons. The third-order valence-electron chi connectivity index (χ3n) is 3.05. The summed E-state index contributed by atoms with van der Waals surface area (Å²) in [5.41, 5.74) is 0.442. The molecule has 0 radical (unpaired) electrons. The topological polar surface area (TPSA) is 56.3 Å². The molecule has 0 aliphatic carbocycles. The summed E-state index contributed by atoms with van der Waals surface area (Å²) in [6.07, 6.45) is 3.95. The third-order valence-corrected chi connectivity index (χ3v) is 3.05. The summed E-state index contributed by atoms with van der Waals surface area (Å²) in [5, 5.41) is 2.98. The van der Waals surface area contributed by atoms with E-state index in [1.54, 1.807) is 0 Å². The Morgan fingerprint density at radius 1 is 1.53 bits per heavy atom. The van der Waals surface area contributed by atoms with E-state index in [1.165, 1.54) is 6.33 Å². The number of nitrogens with one attached hydrogen (secondary N) is 1. The van der Waals surface area contributed by atoms with Gasteiger partial charge in [-0.15, -0.1) is 0 Å². The van der Waals surface area contributed by atoms with Crippen molar-refractivity contribution in [1.82, 2.24) is 9.97 Å². The van der Waals surface area contributed by atoms with Crippen molar-refractivity contribution in [2.45, 2.75) is 32.3 Å². The molecule has 1 fully saturated rings. The minimum atomic E-state index is -0.352. The van der Waals surface area contributed by atoms with Gasteiger partial charge < -0.3 is 14.8 Å². The average Bonchev–Trinajstić information content (AvgIpc) is 2.93. The number of hydrogen-bond acceptors (Lipinski definition) is 5. The van der Waals surface area contributed by atoms with Gasteiger partial charge >= 0.3 is 0 Å². The zero-order valence-electron chi connectivity index (χ0n) is 11.2. The molecule has 0 aromatic carbocycles. The molecule has 5 nitrogen and oxygen atoms in total. The second kappa shape index (κ2) is 7.35. The lowest BCUT2D eigenvalue weighted by molar-refractivity contribution is 0.0427. The summed E-state index contributed by atoms with van der Waals surface area (Å²) in [6.45, 7) is 4.62. The fraction of sp³-hybridized carbons (Fsp3) is 0.692. The Labute approximate surface area is 112 Å². The number of nitrogens with zero attached hydrogens (tertiary/aromatic N) is 2. The Balaban J connectivity index is 1.67. The summed E-state index contributed by atoms with van der Waals surface area (Å²) in [6, 6.07) is 0.